The van der Waals surface area contributed by atoms with Crippen molar-refractivity contribution in [2.24, 2.45) is 0 Å². The molecule has 1 N–H and O–H groups in total. The van der Waals surface area contributed by atoms with Gasteiger partial charge < -0.3 is 5.32 Å². The number of aromatic nitrogens is 1. The molecule has 134 valence electrons. The first-order valence-corrected chi connectivity index (χ1v) is 9.54. The third-order valence-electron chi connectivity index (χ3n) is 4.24. The molecule has 4 aromatic rings. The Bertz CT molecular complexity index is 1140. The van der Waals surface area contributed by atoms with Gasteiger partial charge in [-0.05, 0) is 36.4 Å². The van der Waals surface area contributed by atoms with Crippen molar-refractivity contribution in [3.8, 4) is 27.9 Å². The van der Waals surface area contributed by atoms with Crippen LogP contribution in [-0.2, 0) is 0 Å². The van der Waals surface area contributed by atoms with E-state index in [0.717, 1.165) is 21.8 Å². The summed E-state index contributed by atoms with van der Waals surface area (Å²) in [7, 11) is 0. The number of hydrogen-bond acceptors (Lipinski definition) is 4. The number of rotatable bonds is 4. The number of carbonyl (C=O) groups is 1. The number of thiazole rings is 1. The standard InChI is InChI=1S/C23H15N3OS/c24-14-16-6-8-18(9-7-16)22(27)25-20-12-10-17(11-13-20)21-15-28-23(26-21)19-4-2-1-3-5-19/h1-13,15H,(H,25,27). The summed E-state index contributed by atoms with van der Waals surface area (Å²) in [5.74, 6) is -0.211. The zero-order chi connectivity index (χ0) is 19.3. The van der Waals surface area contributed by atoms with Crippen LogP contribution in [0.3, 0.4) is 0 Å². The molecule has 0 saturated heterocycles. The Labute approximate surface area is 166 Å². The van der Waals surface area contributed by atoms with E-state index in [1.807, 2.05) is 66.0 Å². The van der Waals surface area contributed by atoms with Gasteiger partial charge in [0.25, 0.3) is 5.91 Å². The van der Waals surface area contributed by atoms with Crippen LogP contribution < -0.4 is 5.32 Å². The van der Waals surface area contributed by atoms with E-state index in [1.54, 1.807) is 35.6 Å². The van der Waals surface area contributed by atoms with Gasteiger partial charge in [0, 0.05) is 27.8 Å². The number of benzene rings is 3. The second-order valence-electron chi connectivity index (χ2n) is 6.12. The number of nitrogens with zero attached hydrogens (tertiary/aromatic N) is 2. The van der Waals surface area contributed by atoms with Gasteiger partial charge in [-0.15, -0.1) is 11.3 Å². The van der Waals surface area contributed by atoms with Crippen LogP contribution >= 0.6 is 11.3 Å². The second-order valence-corrected chi connectivity index (χ2v) is 6.98. The molecule has 0 unspecified atom stereocenters. The summed E-state index contributed by atoms with van der Waals surface area (Å²) in [5, 5.41) is 14.7. The van der Waals surface area contributed by atoms with Crippen LogP contribution in [0.4, 0.5) is 5.69 Å². The SMILES string of the molecule is N#Cc1ccc(C(=O)Nc2ccc(-c3csc(-c4ccccc4)n3)cc2)cc1. The molecule has 0 aliphatic heterocycles. The number of nitrogens with one attached hydrogen (secondary N) is 1. The second kappa shape index (κ2) is 7.87. The minimum Gasteiger partial charge on any atom is -0.322 e. The zero-order valence-electron chi connectivity index (χ0n) is 14.8. The lowest BCUT2D eigenvalue weighted by Crippen LogP contribution is -2.11. The van der Waals surface area contributed by atoms with Crippen molar-refractivity contribution in [3.05, 3.63) is 95.4 Å². The number of nitriles is 1. The first-order valence-electron chi connectivity index (χ1n) is 8.66. The highest BCUT2D eigenvalue weighted by Gasteiger charge is 2.09. The van der Waals surface area contributed by atoms with E-state index in [1.165, 1.54) is 0 Å². The van der Waals surface area contributed by atoms with Crippen molar-refractivity contribution in [2.75, 3.05) is 5.32 Å². The third kappa shape index (κ3) is 3.83. The topological polar surface area (TPSA) is 65.8 Å². The van der Waals surface area contributed by atoms with Gasteiger partial charge >= 0.3 is 0 Å². The number of amides is 1. The van der Waals surface area contributed by atoms with Gasteiger partial charge in [0.1, 0.15) is 5.01 Å². The molecule has 28 heavy (non-hydrogen) atoms. The molecule has 0 aliphatic carbocycles. The maximum atomic E-state index is 12.3. The van der Waals surface area contributed by atoms with E-state index in [9.17, 15) is 4.79 Å². The molecule has 5 heteroatoms. The van der Waals surface area contributed by atoms with Gasteiger partial charge in [0.05, 0.1) is 17.3 Å². The molecule has 0 saturated carbocycles. The van der Waals surface area contributed by atoms with Gasteiger partial charge in [0.15, 0.2) is 0 Å². The molecule has 0 bridgehead atoms. The van der Waals surface area contributed by atoms with E-state index < -0.39 is 0 Å². The lowest BCUT2D eigenvalue weighted by molar-refractivity contribution is 0.102. The molecule has 1 heterocycles. The Hall–Kier alpha value is -3.75. The zero-order valence-corrected chi connectivity index (χ0v) is 15.6. The monoisotopic (exact) mass is 381 g/mol. The average molecular weight is 381 g/mol. The Morgan fingerprint density at radius 1 is 0.893 bits per heavy atom. The van der Waals surface area contributed by atoms with Crippen LogP contribution in [0.25, 0.3) is 21.8 Å². The molecular weight excluding hydrogens is 366 g/mol. The maximum Gasteiger partial charge on any atom is 0.255 e. The largest absolute Gasteiger partial charge is 0.322 e. The van der Waals surface area contributed by atoms with E-state index in [0.29, 0.717) is 16.8 Å². The van der Waals surface area contributed by atoms with Crippen molar-refractivity contribution in [3.63, 3.8) is 0 Å². The predicted octanol–water partition coefficient (Wildman–Crippen LogP) is 5.60. The summed E-state index contributed by atoms with van der Waals surface area (Å²) in [6, 6.07) is 26.3. The van der Waals surface area contributed by atoms with Crippen molar-refractivity contribution in [1.82, 2.24) is 4.98 Å². The summed E-state index contributed by atoms with van der Waals surface area (Å²) in [6.45, 7) is 0. The molecular formula is C23H15N3OS. The highest BCUT2D eigenvalue weighted by atomic mass is 32.1. The van der Waals surface area contributed by atoms with Crippen molar-refractivity contribution < 1.29 is 4.79 Å². The Balaban J connectivity index is 1.47. The molecule has 0 fully saturated rings. The van der Waals surface area contributed by atoms with Gasteiger partial charge in [-0.1, -0.05) is 42.5 Å². The van der Waals surface area contributed by atoms with Gasteiger partial charge in [0.2, 0.25) is 0 Å². The third-order valence-corrected chi connectivity index (χ3v) is 5.13. The summed E-state index contributed by atoms with van der Waals surface area (Å²) in [6.07, 6.45) is 0. The minimum absolute atomic E-state index is 0.211. The fourth-order valence-corrected chi connectivity index (χ4v) is 3.58. The molecule has 0 radical (unpaired) electrons. The van der Waals surface area contributed by atoms with Crippen LogP contribution in [0.5, 0.6) is 0 Å². The number of hydrogen-bond donors (Lipinski definition) is 1. The predicted molar refractivity (Wildman–Crippen MR) is 112 cm³/mol. The van der Waals surface area contributed by atoms with Crippen LogP contribution in [0.1, 0.15) is 15.9 Å². The van der Waals surface area contributed by atoms with Gasteiger partial charge in [-0.25, -0.2) is 4.98 Å². The Kier molecular flexibility index (Phi) is 4.96. The highest BCUT2D eigenvalue weighted by Crippen LogP contribution is 2.29. The smallest absolute Gasteiger partial charge is 0.255 e. The van der Waals surface area contributed by atoms with Gasteiger partial charge in [-0.2, -0.15) is 5.26 Å². The van der Waals surface area contributed by atoms with Crippen molar-refractivity contribution >= 4 is 22.9 Å². The first-order chi connectivity index (χ1) is 13.7. The summed E-state index contributed by atoms with van der Waals surface area (Å²) in [4.78, 5) is 17.0. The molecule has 1 amide bonds. The Morgan fingerprint density at radius 3 is 2.29 bits per heavy atom. The lowest BCUT2D eigenvalue weighted by Gasteiger charge is -2.06. The summed E-state index contributed by atoms with van der Waals surface area (Å²) in [5.41, 5.74) is 4.75. The molecule has 0 atom stereocenters. The maximum absolute atomic E-state index is 12.3. The van der Waals surface area contributed by atoms with Crippen LogP contribution in [0.15, 0.2) is 84.2 Å². The number of anilines is 1. The average Bonchev–Trinajstić information content (AvgIpc) is 3.25. The van der Waals surface area contributed by atoms with E-state index in [-0.39, 0.29) is 5.91 Å². The highest BCUT2D eigenvalue weighted by molar-refractivity contribution is 7.13. The fraction of sp³-hybridized carbons (Fsp3) is 0. The molecule has 1 aromatic heterocycles. The first kappa shape index (κ1) is 17.7. The number of carbonyl (C=O) groups excluding carboxylic acids is 1. The quantitative estimate of drug-likeness (QED) is 0.500. The van der Waals surface area contributed by atoms with Crippen LogP contribution in [0, 0.1) is 11.3 Å². The Morgan fingerprint density at radius 2 is 1.61 bits per heavy atom. The van der Waals surface area contributed by atoms with Gasteiger partial charge in [-0.3, -0.25) is 4.79 Å². The van der Waals surface area contributed by atoms with Crippen molar-refractivity contribution in [2.45, 2.75) is 0 Å². The molecule has 4 rings (SSSR count). The molecule has 3 aromatic carbocycles. The normalized spacial score (nSPS) is 10.2. The molecule has 0 spiro atoms. The summed E-state index contributed by atoms with van der Waals surface area (Å²) >= 11 is 1.61. The minimum atomic E-state index is -0.211. The lowest BCUT2D eigenvalue weighted by atomic mass is 10.1. The summed E-state index contributed by atoms with van der Waals surface area (Å²) < 4.78 is 0. The van der Waals surface area contributed by atoms with Crippen LogP contribution in [-0.4, -0.2) is 10.9 Å². The van der Waals surface area contributed by atoms with E-state index in [4.69, 9.17) is 10.2 Å². The molecule has 4 nitrogen and oxygen atoms in total. The van der Waals surface area contributed by atoms with E-state index in [2.05, 4.69) is 5.32 Å². The fourth-order valence-electron chi connectivity index (χ4n) is 2.74. The van der Waals surface area contributed by atoms with E-state index >= 15 is 0 Å². The van der Waals surface area contributed by atoms with Crippen molar-refractivity contribution in [1.29, 1.82) is 5.26 Å². The van der Waals surface area contributed by atoms with Crippen LogP contribution in [0.2, 0.25) is 0 Å². The molecule has 0 aliphatic rings.